The number of anilines is 1. The van der Waals surface area contributed by atoms with Gasteiger partial charge in [0.1, 0.15) is 22.9 Å². The molecule has 140 valence electrons. The maximum Gasteiger partial charge on any atom is 0.270 e. The Bertz CT molecular complexity index is 1050. The molecule has 4 heterocycles. The van der Waals surface area contributed by atoms with Crippen molar-refractivity contribution in [2.45, 2.75) is 6.10 Å². The van der Waals surface area contributed by atoms with Gasteiger partial charge in [0.2, 0.25) is 6.10 Å². The van der Waals surface area contributed by atoms with Crippen molar-refractivity contribution < 1.29 is 23.1 Å². The van der Waals surface area contributed by atoms with Gasteiger partial charge in [-0.25, -0.2) is 4.98 Å². The first-order chi connectivity index (χ1) is 13.8. The fourth-order valence-corrected chi connectivity index (χ4v) is 3.80. The predicted octanol–water partition coefficient (Wildman–Crippen LogP) is 4.44. The normalized spacial score (nSPS) is 15.4. The summed E-state index contributed by atoms with van der Waals surface area (Å²) >= 11 is 1.30. The number of furan rings is 2. The number of hydrogen-bond donors (Lipinski definition) is 1. The lowest BCUT2D eigenvalue weighted by Gasteiger charge is -2.25. The topological polar surface area (TPSA) is 86.7 Å². The van der Waals surface area contributed by atoms with Crippen LogP contribution in [0.25, 0.3) is 22.1 Å². The summed E-state index contributed by atoms with van der Waals surface area (Å²) in [5, 5.41) is 3.23. The van der Waals surface area contributed by atoms with E-state index in [1.54, 1.807) is 36.8 Å². The molecule has 5 rings (SSSR count). The minimum absolute atomic E-state index is 0.129. The molecule has 0 spiro atoms. The maximum atomic E-state index is 12.7. The molecule has 3 aromatic heterocycles. The molecule has 0 aliphatic carbocycles. The van der Waals surface area contributed by atoms with Gasteiger partial charge in [0.25, 0.3) is 5.91 Å². The first-order valence-corrected chi connectivity index (χ1v) is 9.37. The Labute approximate surface area is 163 Å². The highest BCUT2D eigenvalue weighted by Crippen LogP contribution is 2.39. The van der Waals surface area contributed by atoms with Gasteiger partial charge in [-0.15, -0.1) is 0 Å². The van der Waals surface area contributed by atoms with Crippen LogP contribution in [0.5, 0.6) is 11.5 Å². The van der Waals surface area contributed by atoms with E-state index in [1.165, 1.54) is 11.3 Å². The molecule has 0 fully saturated rings. The predicted molar refractivity (Wildman–Crippen MR) is 103 cm³/mol. The molecular formula is C20H14N2O5S. The van der Waals surface area contributed by atoms with Crippen molar-refractivity contribution in [3.8, 4) is 33.6 Å². The van der Waals surface area contributed by atoms with Crippen molar-refractivity contribution in [3.05, 3.63) is 61.1 Å². The van der Waals surface area contributed by atoms with Crippen LogP contribution in [0, 0.1) is 0 Å². The smallest absolute Gasteiger partial charge is 0.270 e. The maximum absolute atomic E-state index is 12.7. The Morgan fingerprint density at radius 3 is 2.50 bits per heavy atom. The number of thiazole rings is 1. The first-order valence-electron chi connectivity index (χ1n) is 8.56. The molecule has 28 heavy (non-hydrogen) atoms. The lowest BCUT2D eigenvalue weighted by atomic mass is 10.2. The van der Waals surface area contributed by atoms with Crippen molar-refractivity contribution in [2.24, 2.45) is 0 Å². The fourth-order valence-electron chi connectivity index (χ4n) is 2.86. The number of benzene rings is 1. The standard InChI is InChI=1S/C20H14N2O5S/c23-19(16-11-26-12-5-1-2-6-13(12)27-16)22-20-21-17(14-7-3-9-24-14)18(28-20)15-8-4-10-25-15/h1-10,16H,11H2,(H,21,22,23)/t16-/m1/s1. The highest BCUT2D eigenvalue weighted by atomic mass is 32.1. The van der Waals surface area contributed by atoms with Crippen LogP contribution in [0.4, 0.5) is 5.13 Å². The van der Waals surface area contributed by atoms with Crippen molar-refractivity contribution >= 4 is 22.4 Å². The van der Waals surface area contributed by atoms with Crippen LogP contribution >= 0.6 is 11.3 Å². The van der Waals surface area contributed by atoms with E-state index in [-0.39, 0.29) is 12.5 Å². The lowest BCUT2D eigenvalue weighted by Crippen LogP contribution is -2.40. The molecule has 0 saturated carbocycles. The number of hydrogen-bond acceptors (Lipinski definition) is 7. The molecule has 1 aliphatic rings. The largest absolute Gasteiger partial charge is 0.485 e. The van der Waals surface area contributed by atoms with Crippen molar-refractivity contribution in [3.63, 3.8) is 0 Å². The van der Waals surface area contributed by atoms with Crippen molar-refractivity contribution in [1.29, 1.82) is 0 Å². The average molecular weight is 394 g/mol. The van der Waals surface area contributed by atoms with Gasteiger partial charge >= 0.3 is 0 Å². The minimum atomic E-state index is -0.766. The summed E-state index contributed by atoms with van der Waals surface area (Å²) in [6.45, 7) is 0.129. The van der Waals surface area contributed by atoms with Gasteiger partial charge in [-0.1, -0.05) is 23.5 Å². The van der Waals surface area contributed by atoms with E-state index in [4.69, 9.17) is 18.3 Å². The molecule has 0 bridgehead atoms. The number of fused-ring (bicyclic) bond motifs is 1. The lowest BCUT2D eigenvalue weighted by molar-refractivity contribution is -0.125. The van der Waals surface area contributed by atoms with E-state index in [0.29, 0.717) is 33.8 Å². The van der Waals surface area contributed by atoms with E-state index in [9.17, 15) is 4.79 Å². The van der Waals surface area contributed by atoms with Crippen LogP contribution in [0.2, 0.25) is 0 Å². The second-order valence-electron chi connectivity index (χ2n) is 6.00. The van der Waals surface area contributed by atoms with Gasteiger partial charge in [-0.2, -0.15) is 0 Å². The number of para-hydroxylation sites is 2. The Morgan fingerprint density at radius 1 is 1.00 bits per heavy atom. The number of nitrogens with zero attached hydrogens (tertiary/aromatic N) is 1. The highest BCUT2D eigenvalue weighted by molar-refractivity contribution is 7.19. The van der Waals surface area contributed by atoms with Crippen molar-refractivity contribution in [2.75, 3.05) is 11.9 Å². The van der Waals surface area contributed by atoms with Gasteiger partial charge in [0.15, 0.2) is 22.4 Å². The molecule has 8 heteroatoms. The van der Waals surface area contributed by atoms with Crippen LogP contribution in [-0.4, -0.2) is 23.6 Å². The third-order valence-electron chi connectivity index (χ3n) is 4.16. The number of rotatable bonds is 4. The summed E-state index contributed by atoms with van der Waals surface area (Å²) in [6.07, 6.45) is 2.39. The monoisotopic (exact) mass is 394 g/mol. The summed E-state index contributed by atoms with van der Waals surface area (Å²) in [7, 11) is 0. The van der Waals surface area contributed by atoms with Gasteiger partial charge in [0.05, 0.1) is 12.5 Å². The zero-order chi connectivity index (χ0) is 18.9. The molecule has 1 aromatic carbocycles. The Hall–Kier alpha value is -3.52. The number of ether oxygens (including phenoxy) is 2. The molecule has 1 aliphatic heterocycles. The molecule has 0 saturated heterocycles. The van der Waals surface area contributed by atoms with Gasteiger partial charge in [-0.05, 0) is 36.4 Å². The molecule has 0 unspecified atom stereocenters. The van der Waals surface area contributed by atoms with Gasteiger partial charge in [0, 0.05) is 0 Å². The summed E-state index contributed by atoms with van der Waals surface area (Å²) in [4.78, 5) is 18.0. The Balaban J connectivity index is 1.40. The van der Waals surface area contributed by atoms with Crippen molar-refractivity contribution in [1.82, 2.24) is 4.98 Å². The summed E-state index contributed by atoms with van der Waals surface area (Å²) in [5.74, 6) is 2.08. The Kier molecular flexibility index (Phi) is 4.10. The third kappa shape index (κ3) is 3.03. The van der Waals surface area contributed by atoms with Crippen LogP contribution in [0.15, 0.2) is 69.9 Å². The number of amides is 1. The SMILES string of the molecule is O=C(Nc1nc(-c2ccco2)c(-c2ccco2)s1)[C@H]1COc2ccccc2O1. The van der Waals surface area contributed by atoms with Gasteiger partial charge in [-0.3, -0.25) is 10.1 Å². The molecule has 7 nitrogen and oxygen atoms in total. The molecule has 4 aromatic rings. The van der Waals surface area contributed by atoms with E-state index in [2.05, 4.69) is 10.3 Å². The van der Waals surface area contributed by atoms with Crippen LogP contribution in [0.3, 0.4) is 0 Å². The molecular weight excluding hydrogens is 380 g/mol. The molecule has 1 atom stereocenters. The molecule has 0 radical (unpaired) electrons. The zero-order valence-electron chi connectivity index (χ0n) is 14.5. The van der Waals surface area contributed by atoms with E-state index >= 15 is 0 Å². The minimum Gasteiger partial charge on any atom is -0.485 e. The molecule has 1 amide bonds. The summed E-state index contributed by atoms with van der Waals surface area (Å²) < 4.78 is 22.3. The van der Waals surface area contributed by atoms with Crippen LogP contribution in [0.1, 0.15) is 0 Å². The van der Waals surface area contributed by atoms with E-state index < -0.39 is 6.10 Å². The van der Waals surface area contributed by atoms with Gasteiger partial charge < -0.3 is 18.3 Å². The third-order valence-corrected chi connectivity index (χ3v) is 5.14. The van der Waals surface area contributed by atoms with Crippen LogP contribution < -0.4 is 14.8 Å². The number of aromatic nitrogens is 1. The van der Waals surface area contributed by atoms with E-state index in [0.717, 1.165) is 4.88 Å². The Morgan fingerprint density at radius 2 is 1.75 bits per heavy atom. The number of nitrogens with one attached hydrogen (secondary N) is 1. The number of carbonyl (C=O) groups is 1. The average Bonchev–Trinajstić information content (AvgIpc) is 3.47. The van der Waals surface area contributed by atoms with Crippen LogP contribution in [-0.2, 0) is 4.79 Å². The fraction of sp³-hybridized carbons (Fsp3) is 0.100. The second-order valence-corrected chi connectivity index (χ2v) is 7.00. The quantitative estimate of drug-likeness (QED) is 0.551. The van der Waals surface area contributed by atoms with E-state index in [1.807, 2.05) is 24.3 Å². The second kappa shape index (κ2) is 6.90. The molecule has 1 N–H and O–H groups in total. The highest BCUT2D eigenvalue weighted by Gasteiger charge is 2.29. The first kappa shape index (κ1) is 16.6. The number of carbonyl (C=O) groups excluding carboxylic acids is 1. The zero-order valence-corrected chi connectivity index (χ0v) is 15.3. The summed E-state index contributed by atoms with van der Waals surface area (Å²) in [6, 6.07) is 14.5. The summed E-state index contributed by atoms with van der Waals surface area (Å²) in [5.41, 5.74) is 0.603.